The molecule has 31 heavy (non-hydrogen) atoms. The number of para-hydroxylation sites is 1. The smallest absolute Gasteiger partial charge is 0.245 e. The van der Waals surface area contributed by atoms with Crippen molar-refractivity contribution in [1.82, 2.24) is 4.31 Å². The molecule has 0 aromatic heterocycles. The Morgan fingerprint density at radius 2 is 1.61 bits per heavy atom. The van der Waals surface area contributed by atoms with E-state index in [1.54, 1.807) is 12.1 Å². The number of carbonyl (C=O) groups excluding carboxylic acids is 1. The van der Waals surface area contributed by atoms with E-state index < -0.39 is 26.0 Å². The van der Waals surface area contributed by atoms with Crippen molar-refractivity contribution in [2.75, 3.05) is 35.5 Å². The maximum absolute atomic E-state index is 12.6. The quantitative estimate of drug-likeness (QED) is 0.645. The summed E-state index contributed by atoms with van der Waals surface area (Å²) in [4.78, 5) is 12.8. The Bertz CT molecular complexity index is 1140. The molecule has 3 rings (SSSR count). The summed E-state index contributed by atoms with van der Waals surface area (Å²) in [5.41, 5.74) is 1.68. The van der Waals surface area contributed by atoms with Crippen LogP contribution in [-0.2, 0) is 31.3 Å². The number of amides is 1. The summed E-state index contributed by atoms with van der Waals surface area (Å²) in [5, 5.41) is 2.65. The van der Waals surface area contributed by atoms with Crippen molar-refractivity contribution in [2.24, 2.45) is 0 Å². The van der Waals surface area contributed by atoms with Crippen molar-refractivity contribution in [3.63, 3.8) is 0 Å². The third-order valence-corrected chi connectivity index (χ3v) is 8.21. The number of hydrogen-bond acceptors (Lipinski definition) is 5. The first kappa shape index (κ1) is 23.2. The summed E-state index contributed by atoms with van der Waals surface area (Å²) in [6, 6.07) is 13.0. The Labute approximate surface area is 184 Å². The van der Waals surface area contributed by atoms with E-state index in [2.05, 4.69) is 5.32 Å². The molecule has 1 fully saturated rings. The van der Waals surface area contributed by atoms with Gasteiger partial charge in [-0.2, -0.15) is 4.31 Å². The molecule has 0 aliphatic carbocycles. The maximum Gasteiger partial charge on any atom is 0.245 e. The zero-order chi connectivity index (χ0) is 22.6. The number of aryl methyl sites for hydroxylation is 1. The number of nitrogens with zero attached hydrogens (tertiary/aromatic N) is 2. The number of rotatable bonds is 8. The molecule has 1 saturated heterocycles. The molecule has 0 atom stereocenters. The van der Waals surface area contributed by atoms with E-state index in [9.17, 15) is 21.6 Å². The predicted molar refractivity (Wildman–Crippen MR) is 121 cm³/mol. The minimum Gasteiger partial charge on any atom is -0.325 e. The minimum atomic E-state index is -3.69. The van der Waals surface area contributed by atoms with Crippen LogP contribution in [0.15, 0.2) is 53.4 Å². The van der Waals surface area contributed by atoms with E-state index in [4.69, 9.17) is 0 Å². The number of hydrogen-bond donors (Lipinski definition) is 1. The van der Waals surface area contributed by atoms with Gasteiger partial charge in [0.2, 0.25) is 26.0 Å². The molecule has 1 heterocycles. The SMILES string of the molecule is CCc1ccccc1N(CC(=O)Nc1ccc(S(=O)(=O)N2CCCC2)cc1)S(C)(=O)=O. The van der Waals surface area contributed by atoms with E-state index in [0.717, 1.165) is 29.0 Å². The van der Waals surface area contributed by atoms with Crippen LogP contribution in [0.1, 0.15) is 25.3 Å². The summed E-state index contributed by atoms with van der Waals surface area (Å²) in [5.74, 6) is -0.522. The van der Waals surface area contributed by atoms with E-state index in [1.807, 2.05) is 19.1 Å². The molecule has 0 radical (unpaired) electrons. The summed E-state index contributed by atoms with van der Waals surface area (Å²) < 4.78 is 52.4. The van der Waals surface area contributed by atoms with Crippen LogP contribution in [0.5, 0.6) is 0 Å². The molecule has 2 aromatic rings. The molecule has 1 aliphatic heterocycles. The highest BCUT2D eigenvalue weighted by molar-refractivity contribution is 7.92. The molecule has 1 aliphatic rings. The van der Waals surface area contributed by atoms with Gasteiger partial charge in [-0.3, -0.25) is 9.10 Å². The van der Waals surface area contributed by atoms with E-state index in [1.165, 1.54) is 28.6 Å². The average Bonchev–Trinajstić information content (AvgIpc) is 3.27. The maximum atomic E-state index is 12.6. The fraction of sp³-hybridized carbons (Fsp3) is 0.381. The lowest BCUT2D eigenvalue weighted by Crippen LogP contribution is -2.38. The van der Waals surface area contributed by atoms with Gasteiger partial charge in [0.25, 0.3) is 0 Å². The topological polar surface area (TPSA) is 104 Å². The van der Waals surface area contributed by atoms with Gasteiger partial charge < -0.3 is 5.32 Å². The van der Waals surface area contributed by atoms with E-state index in [-0.39, 0.29) is 11.4 Å². The van der Waals surface area contributed by atoms with Gasteiger partial charge in [-0.25, -0.2) is 16.8 Å². The van der Waals surface area contributed by atoms with Gasteiger partial charge in [-0.1, -0.05) is 25.1 Å². The molecule has 0 spiro atoms. The van der Waals surface area contributed by atoms with Gasteiger partial charge in [0, 0.05) is 18.8 Å². The first-order valence-corrected chi connectivity index (χ1v) is 13.4. The largest absolute Gasteiger partial charge is 0.325 e. The van der Waals surface area contributed by atoms with Crippen molar-refractivity contribution in [3.05, 3.63) is 54.1 Å². The highest BCUT2D eigenvalue weighted by atomic mass is 32.2. The van der Waals surface area contributed by atoms with Crippen LogP contribution >= 0.6 is 0 Å². The zero-order valence-electron chi connectivity index (χ0n) is 17.6. The van der Waals surface area contributed by atoms with Gasteiger partial charge >= 0.3 is 0 Å². The first-order chi connectivity index (χ1) is 14.6. The highest BCUT2D eigenvalue weighted by Gasteiger charge is 2.27. The molecule has 0 unspecified atom stereocenters. The zero-order valence-corrected chi connectivity index (χ0v) is 19.2. The molecule has 1 amide bonds. The molecule has 0 bridgehead atoms. The summed E-state index contributed by atoms with van der Waals surface area (Å²) >= 11 is 0. The van der Waals surface area contributed by atoms with Crippen molar-refractivity contribution in [1.29, 1.82) is 0 Å². The normalized spacial score (nSPS) is 15.0. The van der Waals surface area contributed by atoms with Crippen LogP contribution < -0.4 is 9.62 Å². The second kappa shape index (κ2) is 9.37. The van der Waals surface area contributed by atoms with Gasteiger partial charge in [-0.05, 0) is 55.2 Å². The lowest BCUT2D eigenvalue weighted by atomic mass is 10.1. The number of carbonyl (C=O) groups is 1. The first-order valence-electron chi connectivity index (χ1n) is 10.1. The number of anilines is 2. The Balaban J connectivity index is 1.74. The van der Waals surface area contributed by atoms with Crippen LogP contribution in [-0.4, -0.2) is 52.9 Å². The summed E-state index contributed by atoms with van der Waals surface area (Å²) in [6.45, 7) is 2.56. The molecule has 10 heteroatoms. The van der Waals surface area contributed by atoms with Crippen LogP contribution in [0, 0.1) is 0 Å². The third kappa shape index (κ3) is 5.44. The second-order valence-electron chi connectivity index (χ2n) is 7.44. The standard InChI is InChI=1S/C21H27N3O5S2/c1-3-17-8-4-5-9-20(17)24(30(2,26)27)16-21(25)22-18-10-12-19(13-11-18)31(28,29)23-14-6-7-15-23/h4-5,8-13H,3,6-7,14-16H2,1-2H3,(H,22,25). The van der Waals surface area contributed by atoms with Gasteiger partial charge in [0.1, 0.15) is 6.54 Å². The molecule has 168 valence electrons. The molecule has 1 N–H and O–H groups in total. The van der Waals surface area contributed by atoms with E-state index in [0.29, 0.717) is 30.9 Å². The Kier molecular flexibility index (Phi) is 7.03. The number of sulfonamides is 2. The average molecular weight is 466 g/mol. The Morgan fingerprint density at radius 1 is 1.00 bits per heavy atom. The molecule has 8 nitrogen and oxygen atoms in total. The number of nitrogens with one attached hydrogen (secondary N) is 1. The fourth-order valence-electron chi connectivity index (χ4n) is 3.55. The monoisotopic (exact) mass is 465 g/mol. The molecule has 2 aromatic carbocycles. The van der Waals surface area contributed by atoms with Crippen LogP contribution in [0.3, 0.4) is 0 Å². The van der Waals surface area contributed by atoms with Gasteiger partial charge in [0.05, 0.1) is 16.8 Å². The Hall–Kier alpha value is -2.43. The van der Waals surface area contributed by atoms with Crippen LogP contribution in [0.4, 0.5) is 11.4 Å². The van der Waals surface area contributed by atoms with Crippen LogP contribution in [0.25, 0.3) is 0 Å². The fourth-order valence-corrected chi connectivity index (χ4v) is 5.96. The predicted octanol–water partition coefficient (Wildman–Crippen LogP) is 2.44. The highest BCUT2D eigenvalue weighted by Crippen LogP contribution is 2.24. The lowest BCUT2D eigenvalue weighted by Gasteiger charge is -2.24. The lowest BCUT2D eigenvalue weighted by molar-refractivity contribution is -0.114. The summed E-state index contributed by atoms with van der Waals surface area (Å²) in [6.07, 6.45) is 3.39. The van der Waals surface area contributed by atoms with Gasteiger partial charge in [-0.15, -0.1) is 0 Å². The van der Waals surface area contributed by atoms with Crippen molar-refractivity contribution < 1.29 is 21.6 Å². The van der Waals surface area contributed by atoms with Crippen LogP contribution in [0.2, 0.25) is 0 Å². The molecule has 0 saturated carbocycles. The molecular formula is C21H27N3O5S2. The van der Waals surface area contributed by atoms with Gasteiger partial charge in [0.15, 0.2) is 0 Å². The molecular weight excluding hydrogens is 438 g/mol. The number of benzene rings is 2. The van der Waals surface area contributed by atoms with Crippen molar-refractivity contribution >= 4 is 37.3 Å². The minimum absolute atomic E-state index is 0.169. The van der Waals surface area contributed by atoms with Crippen molar-refractivity contribution in [3.8, 4) is 0 Å². The third-order valence-electron chi connectivity index (χ3n) is 5.17. The summed E-state index contributed by atoms with van der Waals surface area (Å²) in [7, 11) is -7.22. The Morgan fingerprint density at radius 3 is 2.19 bits per heavy atom. The van der Waals surface area contributed by atoms with Crippen molar-refractivity contribution in [2.45, 2.75) is 31.1 Å². The second-order valence-corrected chi connectivity index (χ2v) is 11.3. The van der Waals surface area contributed by atoms with E-state index >= 15 is 0 Å².